The molecule has 7 nitrogen and oxygen atoms in total. The molecule has 3 rings (SSSR count). The zero-order valence-electron chi connectivity index (χ0n) is 14.5. The Kier molecular flexibility index (Phi) is 4.42. The third-order valence-electron chi connectivity index (χ3n) is 4.95. The van der Waals surface area contributed by atoms with Crippen molar-refractivity contribution in [1.29, 1.82) is 0 Å². The molecule has 0 spiro atoms. The van der Waals surface area contributed by atoms with Gasteiger partial charge in [0.1, 0.15) is 0 Å². The topological polar surface area (TPSA) is 102 Å². The number of sulfone groups is 1. The summed E-state index contributed by atoms with van der Waals surface area (Å²) < 4.78 is 28.2. The van der Waals surface area contributed by atoms with Gasteiger partial charge in [-0.15, -0.1) is 5.10 Å². The summed E-state index contributed by atoms with van der Waals surface area (Å²) >= 11 is 0. The van der Waals surface area contributed by atoms with Gasteiger partial charge in [0.2, 0.25) is 0 Å². The van der Waals surface area contributed by atoms with Gasteiger partial charge >= 0.3 is 0 Å². The van der Waals surface area contributed by atoms with Crippen LogP contribution in [0.5, 0.6) is 0 Å². The van der Waals surface area contributed by atoms with Crippen molar-refractivity contribution in [2.24, 2.45) is 0 Å². The van der Waals surface area contributed by atoms with E-state index in [1.165, 1.54) is 4.52 Å². The lowest BCUT2D eigenvalue weighted by atomic mass is 10.2. The molecule has 24 heavy (non-hydrogen) atoms. The Morgan fingerprint density at radius 2 is 1.79 bits per heavy atom. The average Bonchev–Trinajstić information content (AvgIpc) is 2.73. The molecule has 1 fully saturated rings. The Labute approximate surface area is 142 Å². The Balaban J connectivity index is 2.24. The van der Waals surface area contributed by atoms with Crippen LogP contribution in [0.25, 0.3) is 5.65 Å². The van der Waals surface area contributed by atoms with Crippen molar-refractivity contribution in [3.8, 4) is 0 Å². The van der Waals surface area contributed by atoms with E-state index in [-0.39, 0.29) is 10.1 Å². The van der Waals surface area contributed by atoms with Crippen LogP contribution < -0.4 is 11.1 Å². The predicted octanol–water partition coefficient (Wildman–Crippen LogP) is 2.47. The Morgan fingerprint density at radius 1 is 1.17 bits per heavy atom. The molecule has 0 aromatic carbocycles. The summed E-state index contributed by atoms with van der Waals surface area (Å²) in [7, 11) is -1.83. The molecule has 2 aromatic rings. The van der Waals surface area contributed by atoms with Crippen LogP contribution in [0, 0.1) is 13.8 Å². The van der Waals surface area contributed by atoms with Gasteiger partial charge in [0.25, 0.3) is 0 Å². The highest BCUT2D eigenvalue weighted by Crippen LogP contribution is 2.34. The molecule has 1 saturated carbocycles. The van der Waals surface area contributed by atoms with Crippen molar-refractivity contribution in [2.75, 3.05) is 18.1 Å². The van der Waals surface area contributed by atoms with E-state index in [0.717, 1.165) is 25.7 Å². The molecule has 1 aliphatic carbocycles. The molecular formula is C16H25N5O2S. The minimum Gasteiger partial charge on any atom is -0.396 e. The van der Waals surface area contributed by atoms with E-state index in [2.05, 4.69) is 15.4 Å². The quantitative estimate of drug-likeness (QED) is 0.824. The maximum Gasteiger partial charge on any atom is 0.188 e. The molecule has 0 saturated heterocycles. The first kappa shape index (κ1) is 17.0. The molecule has 2 heterocycles. The molecule has 0 radical (unpaired) electrons. The largest absolute Gasteiger partial charge is 0.396 e. The molecule has 3 N–H and O–H groups in total. The van der Waals surface area contributed by atoms with Crippen LogP contribution >= 0.6 is 0 Å². The molecule has 0 atom stereocenters. The van der Waals surface area contributed by atoms with E-state index in [1.807, 2.05) is 6.92 Å². The lowest BCUT2D eigenvalue weighted by molar-refractivity contribution is 0.564. The molecule has 132 valence electrons. The van der Waals surface area contributed by atoms with Crippen LogP contribution in [-0.2, 0) is 9.84 Å². The van der Waals surface area contributed by atoms with Gasteiger partial charge in [0, 0.05) is 7.05 Å². The summed E-state index contributed by atoms with van der Waals surface area (Å²) in [6.45, 7) is 3.61. The summed E-state index contributed by atoms with van der Waals surface area (Å²) in [6.07, 6.45) is 5.53. The number of hydrogen-bond acceptors (Lipinski definition) is 6. The number of aromatic nitrogens is 3. The standard InChI is InChI=1S/C16H25N5O2S/c1-10-13(17)11(2)21-16(19-10)14(15(18-3)20-21)24(22,23)12-8-6-4-5-7-9-12/h12H,4-9,17H2,1-3H3,(H,18,20). The number of anilines is 2. The van der Waals surface area contributed by atoms with Gasteiger partial charge in [-0.1, -0.05) is 25.7 Å². The van der Waals surface area contributed by atoms with E-state index in [0.29, 0.717) is 41.4 Å². The second kappa shape index (κ2) is 6.23. The smallest absolute Gasteiger partial charge is 0.188 e. The highest BCUT2D eigenvalue weighted by atomic mass is 32.2. The van der Waals surface area contributed by atoms with E-state index < -0.39 is 9.84 Å². The number of nitrogens with two attached hydrogens (primary N) is 1. The van der Waals surface area contributed by atoms with Gasteiger partial charge in [-0.25, -0.2) is 17.9 Å². The number of rotatable bonds is 3. The van der Waals surface area contributed by atoms with Gasteiger partial charge in [-0.2, -0.15) is 0 Å². The summed E-state index contributed by atoms with van der Waals surface area (Å²) in [5, 5.41) is 6.96. The lowest BCUT2D eigenvalue weighted by Crippen LogP contribution is -2.22. The fraction of sp³-hybridized carbons (Fsp3) is 0.625. The van der Waals surface area contributed by atoms with Gasteiger partial charge in [-0.05, 0) is 26.7 Å². The summed E-state index contributed by atoms with van der Waals surface area (Å²) in [6, 6.07) is 0. The minimum atomic E-state index is -3.51. The predicted molar refractivity (Wildman–Crippen MR) is 95.1 cm³/mol. The summed E-state index contributed by atoms with van der Waals surface area (Å²) in [4.78, 5) is 4.66. The fourth-order valence-corrected chi connectivity index (χ4v) is 5.55. The Hall–Kier alpha value is -1.83. The highest BCUT2D eigenvalue weighted by Gasteiger charge is 2.35. The molecule has 1 aliphatic rings. The lowest BCUT2D eigenvalue weighted by Gasteiger charge is -2.15. The third kappa shape index (κ3) is 2.62. The number of nitrogens with zero attached hydrogens (tertiary/aromatic N) is 3. The van der Waals surface area contributed by atoms with Crippen LogP contribution in [0.15, 0.2) is 4.90 Å². The third-order valence-corrected chi connectivity index (χ3v) is 7.25. The number of aryl methyl sites for hydroxylation is 2. The highest BCUT2D eigenvalue weighted by molar-refractivity contribution is 7.92. The first-order chi connectivity index (χ1) is 11.4. The second-order valence-electron chi connectivity index (χ2n) is 6.52. The molecule has 0 bridgehead atoms. The van der Waals surface area contributed by atoms with Gasteiger partial charge < -0.3 is 11.1 Å². The van der Waals surface area contributed by atoms with Crippen molar-refractivity contribution < 1.29 is 8.42 Å². The van der Waals surface area contributed by atoms with Gasteiger partial charge in [-0.3, -0.25) is 0 Å². The fourth-order valence-electron chi connectivity index (χ4n) is 3.47. The SMILES string of the molecule is CNc1nn2c(C)c(N)c(C)nc2c1S(=O)(=O)C1CCCCCC1. The zero-order chi connectivity index (χ0) is 17.5. The first-order valence-corrected chi connectivity index (χ1v) is 9.99. The Bertz CT molecular complexity index is 864. The van der Waals surface area contributed by atoms with Crippen molar-refractivity contribution in [1.82, 2.24) is 14.6 Å². The molecule has 0 aliphatic heterocycles. The van der Waals surface area contributed by atoms with Crippen molar-refractivity contribution in [2.45, 2.75) is 62.5 Å². The summed E-state index contributed by atoms with van der Waals surface area (Å²) in [5.41, 5.74) is 8.26. The van der Waals surface area contributed by atoms with E-state index in [4.69, 9.17) is 5.73 Å². The van der Waals surface area contributed by atoms with Crippen LogP contribution in [0.1, 0.15) is 49.9 Å². The second-order valence-corrected chi connectivity index (χ2v) is 8.68. The normalized spacial score (nSPS) is 17.1. The molecule has 0 amide bonds. The van der Waals surface area contributed by atoms with Gasteiger partial charge in [0.15, 0.2) is 26.2 Å². The Morgan fingerprint density at radius 3 is 2.38 bits per heavy atom. The van der Waals surface area contributed by atoms with Crippen LogP contribution in [0.4, 0.5) is 11.5 Å². The molecule has 0 unspecified atom stereocenters. The van der Waals surface area contributed by atoms with E-state index >= 15 is 0 Å². The van der Waals surface area contributed by atoms with E-state index in [9.17, 15) is 8.42 Å². The molecular weight excluding hydrogens is 326 g/mol. The maximum absolute atomic E-state index is 13.3. The van der Waals surface area contributed by atoms with Crippen molar-refractivity contribution >= 4 is 27.0 Å². The van der Waals surface area contributed by atoms with E-state index in [1.54, 1.807) is 14.0 Å². The van der Waals surface area contributed by atoms with Crippen LogP contribution in [0.3, 0.4) is 0 Å². The molecule has 2 aromatic heterocycles. The summed E-state index contributed by atoms with van der Waals surface area (Å²) in [5.74, 6) is 0.347. The number of nitrogens with one attached hydrogen (secondary N) is 1. The number of hydrogen-bond donors (Lipinski definition) is 2. The van der Waals surface area contributed by atoms with Gasteiger partial charge in [0.05, 0.1) is 22.3 Å². The van der Waals surface area contributed by atoms with Crippen molar-refractivity contribution in [3.63, 3.8) is 0 Å². The minimum absolute atomic E-state index is 0.211. The molecule has 8 heteroatoms. The van der Waals surface area contributed by atoms with Crippen LogP contribution in [-0.4, -0.2) is 35.3 Å². The van der Waals surface area contributed by atoms with Crippen molar-refractivity contribution in [3.05, 3.63) is 11.4 Å². The zero-order valence-corrected chi connectivity index (χ0v) is 15.3. The average molecular weight is 351 g/mol. The van der Waals surface area contributed by atoms with Crippen LogP contribution in [0.2, 0.25) is 0 Å². The monoisotopic (exact) mass is 351 g/mol. The number of nitrogen functional groups attached to an aromatic ring is 1. The number of fused-ring (bicyclic) bond motifs is 1. The maximum atomic E-state index is 13.3. The first-order valence-electron chi connectivity index (χ1n) is 8.45.